The number of carbonyl (C=O) groups is 1. The Bertz CT molecular complexity index is 1240. The van der Waals surface area contributed by atoms with Crippen LogP contribution in [0.3, 0.4) is 0 Å². The summed E-state index contributed by atoms with van der Waals surface area (Å²) < 4.78 is 37.0. The minimum Gasteiger partial charge on any atom is -0.493 e. The molecule has 8 heteroatoms. The number of aryl methyl sites for hydroxylation is 1. The first-order valence-corrected chi connectivity index (χ1v) is 12.7. The average Bonchev–Trinajstić information content (AvgIpc) is 2.85. The average molecular weight is 483 g/mol. The smallest absolute Gasteiger partial charge is 0.251 e. The van der Waals surface area contributed by atoms with Crippen molar-refractivity contribution in [3.05, 3.63) is 89.0 Å². The number of benzene rings is 3. The van der Waals surface area contributed by atoms with Crippen LogP contribution in [0.4, 0.5) is 5.69 Å². The molecule has 34 heavy (non-hydrogen) atoms. The number of nitrogens with zero attached hydrogens (tertiary/aromatic N) is 1. The quantitative estimate of drug-likeness (QED) is 0.469. The highest BCUT2D eigenvalue weighted by Gasteiger charge is 2.20. The topological polar surface area (TPSA) is 84.9 Å². The second-order valence-corrected chi connectivity index (χ2v) is 9.73. The van der Waals surface area contributed by atoms with Gasteiger partial charge in [0.15, 0.2) is 11.5 Å². The molecule has 0 fully saturated rings. The van der Waals surface area contributed by atoms with Gasteiger partial charge >= 0.3 is 0 Å². The van der Waals surface area contributed by atoms with Crippen molar-refractivity contribution in [1.29, 1.82) is 0 Å². The van der Waals surface area contributed by atoms with Crippen LogP contribution in [0.25, 0.3) is 0 Å². The molecule has 1 N–H and O–H groups in total. The number of hydrogen-bond donors (Lipinski definition) is 1. The molecule has 0 spiro atoms. The third-order valence-corrected chi connectivity index (χ3v) is 6.61. The number of hydrogen-bond acceptors (Lipinski definition) is 5. The van der Waals surface area contributed by atoms with Gasteiger partial charge in [-0.2, -0.15) is 0 Å². The van der Waals surface area contributed by atoms with Gasteiger partial charge in [-0.05, 0) is 53.4 Å². The van der Waals surface area contributed by atoms with Gasteiger partial charge < -0.3 is 14.8 Å². The summed E-state index contributed by atoms with van der Waals surface area (Å²) in [7, 11) is -0.357. The monoisotopic (exact) mass is 482 g/mol. The first-order chi connectivity index (χ1) is 16.3. The number of sulfonamides is 1. The Morgan fingerprint density at radius 1 is 0.912 bits per heavy atom. The second kappa shape index (κ2) is 11.1. The Balaban J connectivity index is 1.70. The van der Waals surface area contributed by atoms with E-state index in [0.717, 1.165) is 23.1 Å². The molecule has 0 aliphatic heterocycles. The van der Waals surface area contributed by atoms with Crippen LogP contribution in [0.1, 0.15) is 34.0 Å². The number of rotatable bonds is 10. The van der Waals surface area contributed by atoms with Crippen LogP contribution in [0, 0.1) is 0 Å². The number of para-hydroxylation sites is 1. The van der Waals surface area contributed by atoms with Gasteiger partial charge in [0, 0.05) is 12.1 Å². The van der Waals surface area contributed by atoms with Crippen molar-refractivity contribution in [1.82, 2.24) is 5.32 Å². The summed E-state index contributed by atoms with van der Waals surface area (Å²) >= 11 is 0. The molecular formula is C26H30N2O5S. The molecule has 7 nitrogen and oxygen atoms in total. The third kappa shape index (κ3) is 6.08. The maximum atomic E-state index is 12.6. The predicted octanol–water partition coefficient (Wildman–Crippen LogP) is 4.16. The minimum atomic E-state index is -3.49. The highest BCUT2D eigenvalue weighted by atomic mass is 32.2. The van der Waals surface area contributed by atoms with Crippen molar-refractivity contribution < 1.29 is 22.7 Å². The molecule has 0 atom stereocenters. The van der Waals surface area contributed by atoms with Crippen LogP contribution in [0.5, 0.6) is 11.5 Å². The molecule has 0 saturated heterocycles. The van der Waals surface area contributed by atoms with Crippen molar-refractivity contribution in [2.45, 2.75) is 26.4 Å². The summed E-state index contributed by atoms with van der Waals surface area (Å²) in [5.41, 5.74) is 3.78. The number of nitrogens with one attached hydrogen (secondary N) is 1. The Kier molecular flexibility index (Phi) is 8.17. The third-order valence-electron chi connectivity index (χ3n) is 5.48. The first-order valence-electron chi connectivity index (χ1n) is 10.9. The number of carbonyl (C=O) groups excluding carboxylic acids is 1. The molecule has 1 amide bonds. The van der Waals surface area contributed by atoms with Gasteiger partial charge in [0.1, 0.15) is 0 Å². The fourth-order valence-electron chi connectivity index (χ4n) is 3.64. The first kappa shape index (κ1) is 25.1. The lowest BCUT2D eigenvalue weighted by Gasteiger charge is -2.25. The van der Waals surface area contributed by atoms with Crippen LogP contribution >= 0.6 is 0 Å². The van der Waals surface area contributed by atoms with E-state index in [2.05, 4.69) is 5.32 Å². The summed E-state index contributed by atoms with van der Waals surface area (Å²) in [4.78, 5) is 12.6. The van der Waals surface area contributed by atoms with Gasteiger partial charge in [0.05, 0.1) is 32.7 Å². The van der Waals surface area contributed by atoms with Crippen molar-refractivity contribution in [3.63, 3.8) is 0 Å². The van der Waals surface area contributed by atoms with Crippen LogP contribution in [0.2, 0.25) is 0 Å². The highest BCUT2D eigenvalue weighted by molar-refractivity contribution is 7.92. The van der Waals surface area contributed by atoms with Gasteiger partial charge in [-0.15, -0.1) is 0 Å². The van der Waals surface area contributed by atoms with Crippen LogP contribution < -0.4 is 19.1 Å². The molecule has 3 aromatic carbocycles. The summed E-state index contributed by atoms with van der Waals surface area (Å²) in [6.07, 6.45) is 1.93. The second-order valence-electron chi connectivity index (χ2n) is 7.82. The van der Waals surface area contributed by atoms with Crippen LogP contribution in [0.15, 0.2) is 66.7 Å². The SMILES string of the molecule is CCc1ccccc1N(Cc1ccc(C(=O)NCc2ccc(OC)c(OC)c2)cc1)S(C)(=O)=O. The fraction of sp³-hybridized carbons (Fsp3) is 0.269. The number of methoxy groups -OCH3 is 2. The molecule has 0 unspecified atom stereocenters. The van der Waals surface area contributed by atoms with Gasteiger partial charge in [-0.3, -0.25) is 9.10 Å². The Hall–Kier alpha value is -3.52. The highest BCUT2D eigenvalue weighted by Crippen LogP contribution is 2.28. The summed E-state index contributed by atoms with van der Waals surface area (Å²) in [6.45, 7) is 2.51. The van der Waals surface area contributed by atoms with E-state index in [9.17, 15) is 13.2 Å². The molecule has 0 radical (unpaired) electrons. The molecule has 0 heterocycles. The number of amides is 1. The summed E-state index contributed by atoms with van der Waals surface area (Å²) in [5, 5.41) is 2.89. The van der Waals surface area contributed by atoms with E-state index in [1.54, 1.807) is 44.6 Å². The van der Waals surface area contributed by atoms with E-state index >= 15 is 0 Å². The molecule has 0 aliphatic rings. The fourth-order valence-corrected chi connectivity index (χ4v) is 4.56. The maximum absolute atomic E-state index is 12.6. The van der Waals surface area contributed by atoms with Gasteiger partial charge in [0.2, 0.25) is 10.0 Å². The van der Waals surface area contributed by atoms with Crippen molar-refractivity contribution in [2.24, 2.45) is 0 Å². The number of ether oxygens (including phenoxy) is 2. The van der Waals surface area contributed by atoms with E-state index in [4.69, 9.17) is 9.47 Å². The van der Waals surface area contributed by atoms with E-state index < -0.39 is 10.0 Å². The molecule has 0 aromatic heterocycles. The molecule has 180 valence electrons. The molecule has 0 aliphatic carbocycles. The van der Waals surface area contributed by atoms with E-state index in [0.29, 0.717) is 29.3 Å². The van der Waals surface area contributed by atoms with Crippen molar-refractivity contribution in [3.8, 4) is 11.5 Å². The van der Waals surface area contributed by atoms with Crippen LogP contribution in [-0.4, -0.2) is 34.8 Å². The van der Waals surface area contributed by atoms with E-state index in [1.807, 2.05) is 43.3 Å². The predicted molar refractivity (Wildman–Crippen MR) is 134 cm³/mol. The Morgan fingerprint density at radius 3 is 2.18 bits per heavy atom. The largest absolute Gasteiger partial charge is 0.493 e. The normalized spacial score (nSPS) is 11.1. The molecule has 3 aromatic rings. The zero-order valence-electron chi connectivity index (χ0n) is 19.9. The molecular weight excluding hydrogens is 452 g/mol. The number of anilines is 1. The van der Waals surface area contributed by atoms with Gasteiger partial charge in [0.25, 0.3) is 5.91 Å². The van der Waals surface area contributed by atoms with Crippen molar-refractivity contribution in [2.75, 3.05) is 24.8 Å². The van der Waals surface area contributed by atoms with E-state index in [1.165, 1.54) is 10.6 Å². The Labute approximate surface area is 201 Å². The van der Waals surface area contributed by atoms with Gasteiger partial charge in [-0.25, -0.2) is 8.42 Å². The van der Waals surface area contributed by atoms with Gasteiger partial charge in [-0.1, -0.05) is 43.3 Å². The minimum absolute atomic E-state index is 0.184. The summed E-state index contributed by atoms with van der Waals surface area (Å²) in [5.74, 6) is 0.995. The van der Waals surface area contributed by atoms with Crippen LogP contribution in [-0.2, 0) is 29.5 Å². The maximum Gasteiger partial charge on any atom is 0.251 e. The lowest BCUT2D eigenvalue weighted by atomic mass is 10.1. The summed E-state index contributed by atoms with van der Waals surface area (Å²) in [6, 6.07) is 19.9. The zero-order valence-corrected chi connectivity index (χ0v) is 20.7. The molecule has 3 rings (SSSR count). The lowest BCUT2D eigenvalue weighted by Crippen LogP contribution is -2.30. The zero-order chi connectivity index (χ0) is 24.7. The molecule has 0 bridgehead atoms. The molecule has 0 saturated carbocycles. The van der Waals surface area contributed by atoms with E-state index in [-0.39, 0.29) is 12.5 Å². The Morgan fingerprint density at radius 2 is 1.56 bits per heavy atom. The standard InChI is InChI=1S/C26H30N2O5S/c1-5-21-8-6-7-9-23(21)28(34(4,30)31)18-19-10-13-22(14-11-19)26(29)27-17-20-12-15-24(32-2)25(16-20)33-3/h6-16H,5,17-18H2,1-4H3,(H,27,29). The van der Waals surface area contributed by atoms with Crippen molar-refractivity contribution >= 4 is 21.6 Å². The lowest BCUT2D eigenvalue weighted by molar-refractivity contribution is 0.0951.